The number of hydrogen-bond acceptors (Lipinski definition) is 0. The summed E-state index contributed by atoms with van der Waals surface area (Å²) in [6.45, 7) is 0. The van der Waals surface area contributed by atoms with E-state index in [0.717, 1.165) is 14.6 Å². The van der Waals surface area contributed by atoms with Crippen molar-refractivity contribution in [1.82, 2.24) is 4.57 Å². The first-order valence-corrected chi connectivity index (χ1v) is 18.1. The molecule has 0 fully saturated rings. The Bertz CT molecular complexity index is 2770. The summed E-state index contributed by atoms with van der Waals surface area (Å²) < 4.78 is 4.57. The average molecular weight is 754 g/mol. The Morgan fingerprint density at radius 3 is 1.20 bits per heavy atom. The number of halogens is 2. The summed E-state index contributed by atoms with van der Waals surface area (Å²) in [5, 5.41) is 12.5. The van der Waals surface area contributed by atoms with Crippen LogP contribution < -0.4 is 0 Å². The molecule has 0 aliphatic heterocycles. The number of benzene rings is 9. The van der Waals surface area contributed by atoms with Gasteiger partial charge in [-0.25, -0.2) is 0 Å². The minimum atomic E-state index is 1.07. The van der Waals surface area contributed by atoms with Crippen LogP contribution in [0.1, 0.15) is 0 Å². The van der Waals surface area contributed by atoms with Crippen LogP contribution in [-0.4, -0.2) is 4.57 Å². The van der Waals surface area contributed by atoms with E-state index >= 15 is 0 Å². The average Bonchev–Trinajstić information content (AvgIpc) is 3.46. The number of hydrogen-bond donors (Lipinski definition) is 0. The second kappa shape index (κ2) is 11.2. The number of fused-ring (bicyclic) bond motifs is 9. The van der Waals surface area contributed by atoms with E-state index in [2.05, 4.69) is 200 Å². The van der Waals surface area contributed by atoms with Crippen molar-refractivity contribution in [3.05, 3.63) is 173 Å². The first kappa shape index (κ1) is 28.8. The Kier molecular flexibility index (Phi) is 6.55. The maximum Gasteiger partial charge on any atom is 0.0541 e. The van der Waals surface area contributed by atoms with E-state index in [4.69, 9.17) is 0 Å². The first-order valence-electron chi connectivity index (χ1n) is 16.5. The summed E-state index contributed by atoms with van der Waals surface area (Å²) in [6, 6.07) is 60.3. The van der Waals surface area contributed by atoms with E-state index < -0.39 is 0 Å². The van der Waals surface area contributed by atoms with Crippen LogP contribution in [0.4, 0.5) is 0 Å². The zero-order valence-corrected chi connectivity index (χ0v) is 29.5. The molecule has 0 spiro atoms. The third-order valence-electron chi connectivity index (χ3n) is 10.0. The molecular formula is C46H27Br2N. The molecule has 0 saturated carbocycles. The first-order chi connectivity index (χ1) is 24.1. The van der Waals surface area contributed by atoms with Gasteiger partial charge in [-0.05, 0) is 132 Å². The molecule has 1 nitrogen and oxygen atoms in total. The van der Waals surface area contributed by atoms with Gasteiger partial charge in [-0.1, -0.05) is 129 Å². The van der Waals surface area contributed by atoms with Crippen molar-refractivity contribution in [1.29, 1.82) is 0 Å². The molecule has 3 heteroatoms. The molecule has 0 bridgehead atoms. The van der Waals surface area contributed by atoms with E-state index in [1.54, 1.807) is 0 Å². The Hall–Kier alpha value is -5.22. The fourth-order valence-electron chi connectivity index (χ4n) is 7.88. The van der Waals surface area contributed by atoms with Crippen molar-refractivity contribution < 1.29 is 0 Å². The van der Waals surface area contributed by atoms with Gasteiger partial charge in [0.05, 0.1) is 11.0 Å². The standard InChI is InChI=1S/C46H27Br2N/c47-32-17-19-45-43(26-32)44-27-33(48)18-20-46(44)49(45)34-22-30(41-24-28-9-1-3-11-35(28)37-13-5-7-15-39(37)41)21-31(23-34)42-25-29-10-2-4-12-36(29)38-14-6-8-16-40(38)42/h1-27H. The van der Waals surface area contributed by atoms with E-state index in [1.165, 1.54) is 87.1 Å². The summed E-state index contributed by atoms with van der Waals surface area (Å²) in [4.78, 5) is 0. The van der Waals surface area contributed by atoms with E-state index in [9.17, 15) is 0 Å². The zero-order chi connectivity index (χ0) is 32.6. The van der Waals surface area contributed by atoms with Crippen molar-refractivity contribution >= 4 is 96.8 Å². The molecule has 0 aliphatic carbocycles. The fraction of sp³-hybridized carbons (Fsp3) is 0. The van der Waals surface area contributed by atoms with Crippen molar-refractivity contribution in [3.8, 4) is 27.9 Å². The third-order valence-corrected chi connectivity index (χ3v) is 11.0. The fourth-order valence-corrected chi connectivity index (χ4v) is 8.61. The van der Waals surface area contributed by atoms with Gasteiger partial charge < -0.3 is 4.57 Å². The molecule has 0 amide bonds. The van der Waals surface area contributed by atoms with Gasteiger partial charge in [0, 0.05) is 25.4 Å². The van der Waals surface area contributed by atoms with Crippen LogP contribution in [-0.2, 0) is 0 Å². The van der Waals surface area contributed by atoms with Crippen molar-refractivity contribution in [2.75, 3.05) is 0 Å². The van der Waals surface area contributed by atoms with Crippen LogP contribution in [0.2, 0.25) is 0 Å². The molecule has 9 aromatic carbocycles. The molecule has 0 N–H and O–H groups in total. The highest BCUT2D eigenvalue weighted by atomic mass is 79.9. The van der Waals surface area contributed by atoms with Crippen LogP contribution >= 0.6 is 31.9 Å². The normalized spacial score (nSPS) is 11.9. The van der Waals surface area contributed by atoms with Gasteiger partial charge in [-0.15, -0.1) is 0 Å². The lowest BCUT2D eigenvalue weighted by Gasteiger charge is -2.18. The van der Waals surface area contributed by atoms with E-state index in [1.807, 2.05) is 0 Å². The van der Waals surface area contributed by atoms with Gasteiger partial charge in [-0.2, -0.15) is 0 Å². The monoisotopic (exact) mass is 751 g/mol. The summed E-state index contributed by atoms with van der Waals surface area (Å²) in [6.07, 6.45) is 0. The van der Waals surface area contributed by atoms with Gasteiger partial charge in [0.15, 0.2) is 0 Å². The predicted octanol–water partition coefficient (Wildman–Crippen LogP) is 14.3. The molecule has 0 unspecified atom stereocenters. The lowest BCUT2D eigenvalue weighted by Crippen LogP contribution is -1.97. The van der Waals surface area contributed by atoms with Crippen LogP contribution in [0.25, 0.3) is 92.8 Å². The second-order valence-electron chi connectivity index (χ2n) is 12.8. The van der Waals surface area contributed by atoms with Crippen LogP contribution in [0.5, 0.6) is 0 Å². The summed E-state index contributed by atoms with van der Waals surface area (Å²) in [5.74, 6) is 0. The van der Waals surface area contributed by atoms with Crippen LogP contribution in [0.3, 0.4) is 0 Å². The van der Waals surface area contributed by atoms with Gasteiger partial charge in [0.1, 0.15) is 0 Å². The molecular weight excluding hydrogens is 726 g/mol. The highest BCUT2D eigenvalue weighted by Crippen LogP contribution is 2.42. The number of nitrogens with zero attached hydrogens (tertiary/aromatic N) is 1. The molecule has 1 heterocycles. The Labute approximate surface area is 300 Å². The highest BCUT2D eigenvalue weighted by Gasteiger charge is 2.18. The van der Waals surface area contributed by atoms with Crippen molar-refractivity contribution in [3.63, 3.8) is 0 Å². The third kappa shape index (κ3) is 4.57. The molecule has 0 atom stereocenters. The quantitative estimate of drug-likeness (QED) is 0.158. The summed E-state index contributed by atoms with van der Waals surface area (Å²) >= 11 is 7.50. The maximum atomic E-state index is 3.75. The lowest BCUT2D eigenvalue weighted by molar-refractivity contribution is 1.18. The summed E-state index contributed by atoms with van der Waals surface area (Å²) in [7, 11) is 0. The molecule has 1 aromatic heterocycles. The Morgan fingerprint density at radius 2 is 0.735 bits per heavy atom. The molecule has 49 heavy (non-hydrogen) atoms. The predicted molar refractivity (Wildman–Crippen MR) is 217 cm³/mol. The number of rotatable bonds is 3. The lowest BCUT2D eigenvalue weighted by atomic mass is 9.89. The van der Waals surface area contributed by atoms with Gasteiger partial charge in [-0.3, -0.25) is 0 Å². The minimum absolute atomic E-state index is 1.07. The zero-order valence-electron chi connectivity index (χ0n) is 26.3. The molecule has 0 aliphatic rings. The van der Waals surface area contributed by atoms with Crippen molar-refractivity contribution in [2.45, 2.75) is 0 Å². The molecule has 0 saturated heterocycles. The largest absolute Gasteiger partial charge is 0.309 e. The SMILES string of the molecule is Brc1ccc2c(c1)c1cc(Br)ccc1n2-c1cc(-c2cc3ccccc3c3ccccc23)cc(-c2cc3ccccc3c3ccccc23)c1. The van der Waals surface area contributed by atoms with Gasteiger partial charge >= 0.3 is 0 Å². The summed E-state index contributed by atoms with van der Waals surface area (Å²) in [5.41, 5.74) is 8.32. The molecule has 10 rings (SSSR count). The van der Waals surface area contributed by atoms with E-state index in [0.29, 0.717) is 0 Å². The molecule has 230 valence electrons. The van der Waals surface area contributed by atoms with E-state index in [-0.39, 0.29) is 0 Å². The van der Waals surface area contributed by atoms with Gasteiger partial charge in [0.2, 0.25) is 0 Å². The second-order valence-corrected chi connectivity index (χ2v) is 14.6. The van der Waals surface area contributed by atoms with Crippen LogP contribution in [0, 0.1) is 0 Å². The molecule has 10 aromatic rings. The number of aromatic nitrogens is 1. The van der Waals surface area contributed by atoms with Crippen LogP contribution in [0.15, 0.2) is 173 Å². The molecule has 0 radical (unpaired) electrons. The Morgan fingerprint density at radius 1 is 0.327 bits per heavy atom. The Balaban J connectivity index is 1.36. The highest BCUT2D eigenvalue weighted by molar-refractivity contribution is 9.10. The maximum absolute atomic E-state index is 3.75. The van der Waals surface area contributed by atoms with Gasteiger partial charge in [0.25, 0.3) is 0 Å². The topological polar surface area (TPSA) is 4.93 Å². The smallest absolute Gasteiger partial charge is 0.0541 e. The minimum Gasteiger partial charge on any atom is -0.309 e. The van der Waals surface area contributed by atoms with Crippen molar-refractivity contribution in [2.24, 2.45) is 0 Å².